The van der Waals surface area contributed by atoms with Crippen molar-refractivity contribution >= 4 is 15.8 Å². The molecule has 0 saturated heterocycles. The number of pyridine rings is 1. The molecule has 0 atom stereocenters. The lowest BCUT2D eigenvalue weighted by molar-refractivity contribution is 0.595. The number of sulfonamides is 1. The lowest BCUT2D eigenvalue weighted by Gasteiger charge is -2.06. The van der Waals surface area contributed by atoms with Gasteiger partial charge in [0.15, 0.2) is 5.03 Å². The van der Waals surface area contributed by atoms with Gasteiger partial charge in [-0.05, 0) is 19.2 Å². The van der Waals surface area contributed by atoms with Gasteiger partial charge in [-0.2, -0.15) is 13.5 Å². The highest BCUT2D eigenvalue weighted by Gasteiger charge is 2.20. The third kappa shape index (κ3) is 2.66. The molecule has 0 amide bonds. The molecule has 0 saturated carbocycles. The van der Waals surface area contributed by atoms with Crippen molar-refractivity contribution in [2.45, 2.75) is 11.6 Å². The Morgan fingerprint density at radius 3 is 2.89 bits per heavy atom. The molecule has 0 aliphatic rings. The second-order valence-corrected chi connectivity index (χ2v) is 5.19. The fourth-order valence-electron chi connectivity index (χ4n) is 1.46. The van der Waals surface area contributed by atoms with Crippen LogP contribution in [0.2, 0.25) is 0 Å². The number of aromatic nitrogens is 3. The van der Waals surface area contributed by atoms with Gasteiger partial charge in [-0.25, -0.2) is 4.98 Å². The van der Waals surface area contributed by atoms with Gasteiger partial charge in [-0.3, -0.25) is 9.82 Å². The van der Waals surface area contributed by atoms with E-state index in [4.69, 9.17) is 0 Å². The van der Waals surface area contributed by atoms with Crippen molar-refractivity contribution < 1.29 is 8.42 Å². The van der Waals surface area contributed by atoms with Gasteiger partial charge in [0.25, 0.3) is 10.0 Å². The predicted octanol–water partition coefficient (Wildman–Crippen LogP) is 0.325. The van der Waals surface area contributed by atoms with Crippen LogP contribution in [0.4, 0.5) is 5.82 Å². The Morgan fingerprint density at radius 2 is 2.22 bits per heavy atom. The fourth-order valence-corrected chi connectivity index (χ4v) is 2.60. The van der Waals surface area contributed by atoms with Crippen molar-refractivity contribution in [3.8, 4) is 0 Å². The zero-order valence-corrected chi connectivity index (χ0v) is 10.5. The lowest BCUT2D eigenvalue weighted by atomic mass is 10.4. The van der Waals surface area contributed by atoms with Gasteiger partial charge in [0.05, 0.1) is 6.20 Å². The van der Waals surface area contributed by atoms with Crippen molar-refractivity contribution in [1.29, 1.82) is 0 Å². The smallest absolute Gasteiger partial charge is 0.280 e. The van der Waals surface area contributed by atoms with Gasteiger partial charge in [0.2, 0.25) is 0 Å². The van der Waals surface area contributed by atoms with E-state index in [0.29, 0.717) is 12.1 Å². The van der Waals surface area contributed by atoms with Crippen molar-refractivity contribution in [3.05, 3.63) is 36.2 Å². The standard InChI is InChI=1S/C10H13N5O2S/c1-11-6-8-7-13-14-10(8)18(16,17)15-9-4-2-3-5-12-9/h2-5,7,11H,6H2,1H3,(H,12,15)(H,13,14). The monoisotopic (exact) mass is 267 g/mol. The molecule has 0 unspecified atom stereocenters. The molecule has 8 heteroatoms. The largest absolute Gasteiger partial charge is 0.316 e. The molecule has 0 aliphatic heterocycles. The normalized spacial score (nSPS) is 11.4. The maximum absolute atomic E-state index is 12.1. The number of nitrogens with one attached hydrogen (secondary N) is 3. The average molecular weight is 267 g/mol. The third-order valence-electron chi connectivity index (χ3n) is 2.22. The predicted molar refractivity (Wildman–Crippen MR) is 66.4 cm³/mol. The van der Waals surface area contributed by atoms with Crippen LogP contribution in [0.1, 0.15) is 5.56 Å². The molecule has 2 aromatic heterocycles. The highest BCUT2D eigenvalue weighted by atomic mass is 32.2. The molecule has 0 aliphatic carbocycles. The van der Waals surface area contributed by atoms with Crippen molar-refractivity contribution in [2.24, 2.45) is 0 Å². The Bertz CT molecular complexity index is 608. The molecule has 0 radical (unpaired) electrons. The molecular weight excluding hydrogens is 254 g/mol. The van der Waals surface area contributed by atoms with Crippen LogP contribution in [0.25, 0.3) is 0 Å². The summed E-state index contributed by atoms with van der Waals surface area (Å²) in [5, 5.41) is 9.15. The zero-order valence-electron chi connectivity index (χ0n) is 9.71. The molecule has 0 spiro atoms. The summed E-state index contributed by atoms with van der Waals surface area (Å²) in [5.41, 5.74) is 0.570. The first kappa shape index (κ1) is 12.5. The van der Waals surface area contributed by atoms with Crippen LogP contribution in [-0.2, 0) is 16.6 Å². The Labute approximate surface area is 105 Å². The minimum absolute atomic E-state index is 0.0440. The molecule has 96 valence electrons. The summed E-state index contributed by atoms with van der Waals surface area (Å²) in [6.45, 7) is 0.412. The molecule has 3 N–H and O–H groups in total. The number of anilines is 1. The number of nitrogens with zero attached hydrogens (tertiary/aromatic N) is 2. The van der Waals surface area contributed by atoms with Crippen LogP contribution in [0.5, 0.6) is 0 Å². The van der Waals surface area contributed by atoms with Crippen molar-refractivity contribution in [2.75, 3.05) is 11.8 Å². The average Bonchev–Trinajstić information content (AvgIpc) is 2.79. The molecule has 0 fully saturated rings. The van der Waals surface area contributed by atoms with Crippen LogP contribution < -0.4 is 10.0 Å². The highest BCUT2D eigenvalue weighted by molar-refractivity contribution is 7.92. The Balaban J connectivity index is 2.28. The molecule has 0 bridgehead atoms. The minimum atomic E-state index is -3.69. The Kier molecular flexibility index (Phi) is 3.58. The van der Waals surface area contributed by atoms with Crippen LogP contribution in [-0.4, -0.2) is 30.6 Å². The second kappa shape index (κ2) is 5.15. The summed E-state index contributed by atoms with van der Waals surface area (Å²) in [6, 6.07) is 4.98. The number of rotatable bonds is 5. The Morgan fingerprint density at radius 1 is 1.39 bits per heavy atom. The highest BCUT2D eigenvalue weighted by Crippen LogP contribution is 2.15. The molecule has 18 heavy (non-hydrogen) atoms. The minimum Gasteiger partial charge on any atom is -0.316 e. The fraction of sp³-hybridized carbons (Fsp3) is 0.200. The number of hydrogen-bond donors (Lipinski definition) is 3. The first-order valence-electron chi connectivity index (χ1n) is 5.24. The summed E-state index contributed by atoms with van der Waals surface area (Å²) >= 11 is 0. The molecule has 2 rings (SSSR count). The van der Waals surface area contributed by atoms with Gasteiger partial charge in [-0.15, -0.1) is 0 Å². The van der Waals surface area contributed by atoms with E-state index in [2.05, 4.69) is 25.2 Å². The van der Waals surface area contributed by atoms with Crippen LogP contribution >= 0.6 is 0 Å². The van der Waals surface area contributed by atoms with Gasteiger partial charge in [0, 0.05) is 18.3 Å². The summed E-state index contributed by atoms with van der Waals surface area (Å²) in [4.78, 5) is 3.91. The van der Waals surface area contributed by atoms with Gasteiger partial charge in [0.1, 0.15) is 5.82 Å². The third-order valence-corrected chi connectivity index (χ3v) is 3.59. The lowest BCUT2D eigenvalue weighted by Crippen LogP contribution is -2.17. The first-order valence-corrected chi connectivity index (χ1v) is 6.72. The van der Waals surface area contributed by atoms with Crippen molar-refractivity contribution in [1.82, 2.24) is 20.5 Å². The Hall–Kier alpha value is -1.93. The molecule has 2 heterocycles. The number of H-pyrrole nitrogens is 1. The molecular formula is C10H13N5O2S. The summed E-state index contributed by atoms with van der Waals surface area (Å²) in [7, 11) is -1.96. The summed E-state index contributed by atoms with van der Waals surface area (Å²) in [5.74, 6) is 0.266. The van der Waals surface area contributed by atoms with Crippen molar-refractivity contribution in [3.63, 3.8) is 0 Å². The molecule has 2 aromatic rings. The van der Waals surface area contributed by atoms with E-state index in [0.717, 1.165) is 0 Å². The SMILES string of the molecule is CNCc1cn[nH]c1S(=O)(=O)Nc1ccccn1. The van der Waals surface area contributed by atoms with E-state index in [9.17, 15) is 8.42 Å². The molecule has 7 nitrogen and oxygen atoms in total. The van der Waals surface area contributed by atoms with Gasteiger partial charge >= 0.3 is 0 Å². The van der Waals surface area contributed by atoms with E-state index in [1.165, 1.54) is 12.4 Å². The maximum atomic E-state index is 12.1. The zero-order chi connectivity index (χ0) is 13.0. The van der Waals surface area contributed by atoms with E-state index in [-0.39, 0.29) is 10.8 Å². The first-order chi connectivity index (χ1) is 8.63. The quantitative estimate of drug-likeness (QED) is 0.724. The molecule has 0 aromatic carbocycles. The van der Waals surface area contributed by atoms with E-state index >= 15 is 0 Å². The van der Waals surface area contributed by atoms with Gasteiger partial charge < -0.3 is 5.32 Å². The van der Waals surface area contributed by atoms with E-state index < -0.39 is 10.0 Å². The number of aromatic amines is 1. The summed E-state index contributed by atoms with van der Waals surface area (Å²) in [6.07, 6.45) is 2.99. The van der Waals surface area contributed by atoms with Crippen LogP contribution in [0.15, 0.2) is 35.6 Å². The summed E-state index contributed by atoms with van der Waals surface area (Å²) < 4.78 is 26.6. The van der Waals surface area contributed by atoms with E-state index in [1.54, 1.807) is 25.2 Å². The number of hydrogen-bond acceptors (Lipinski definition) is 5. The van der Waals surface area contributed by atoms with Gasteiger partial charge in [-0.1, -0.05) is 6.07 Å². The maximum Gasteiger partial charge on any atom is 0.280 e. The second-order valence-electron chi connectivity index (χ2n) is 3.58. The topological polar surface area (TPSA) is 99.8 Å². The van der Waals surface area contributed by atoms with Crippen LogP contribution in [0.3, 0.4) is 0 Å². The van der Waals surface area contributed by atoms with Crippen LogP contribution in [0, 0.1) is 0 Å². The van der Waals surface area contributed by atoms with E-state index in [1.807, 2.05) is 0 Å².